The van der Waals surface area contributed by atoms with Crippen molar-refractivity contribution in [2.45, 2.75) is 63.8 Å². The minimum absolute atomic E-state index is 0.779. The van der Waals surface area contributed by atoms with Crippen molar-refractivity contribution in [3.8, 4) is 0 Å². The van der Waals surface area contributed by atoms with Crippen molar-refractivity contribution < 1.29 is 0 Å². The first kappa shape index (κ1) is 15.1. The molecule has 2 saturated carbocycles. The first-order valence-corrected chi connectivity index (χ1v) is 9.91. The summed E-state index contributed by atoms with van der Waals surface area (Å²) in [5.41, 5.74) is 0. The molecule has 0 aromatic carbocycles. The van der Waals surface area contributed by atoms with E-state index < -0.39 is 0 Å². The maximum atomic E-state index is 3.77. The molecule has 2 fully saturated rings. The van der Waals surface area contributed by atoms with Gasteiger partial charge in [0, 0.05) is 15.4 Å². The van der Waals surface area contributed by atoms with E-state index in [0.717, 1.165) is 23.8 Å². The topological polar surface area (TPSA) is 12.0 Å². The van der Waals surface area contributed by atoms with Crippen molar-refractivity contribution in [2.75, 3.05) is 6.54 Å². The van der Waals surface area contributed by atoms with Gasteiger partial charge in [-0.05, 0) is 77.4 Å². The third kappa shape index (κ3) is 3.66. The Balaban J connectivity index is 1.68. The summed E-state index contributed by atoms with van der Waals surface area (Å²) in [6.07, 6.45) is 9.83. The monoisotopic (exact) mass is 355 g/mol. The predicted octanol–water partition coefficient (Wildman–Crippen LogP) is 5.56. The molecular weight excluding hydrogens is 330 g/mol. The molecule has 1 heterocycles. The molecule has 2 aliphatic carbocycles. The molecule has 0 amide bonds. The van der Waals surface area contributed by atoms with Gasteiger partial charge in [-0.2, -0.15) is 0 Å². The minimum Gasteiger partial charge on any atom is -0.314 e. The summed E-state index contributed by atoms with van der Waals surface area (Å²) in [6, 6.07) is 3.07. The van der Waals surface area contributed by atoms with Crippen molar-refractivity contribution >= 4 is 27.3 Å². The van der Waals surface area contributed by atoms with Gasteiger partial charge in [0.05, 0.1) is 0 Å². The van der Waals surface area contributed by atoms with E-state index in [1.807, 2.05) is 11.3 Å². The molecule has 0 radical (unpaired) electrons. The van der Waals surface area contributed by atoms with Crippen LogP contribution in [0.5, 0.6) is 0 Å². The fourth-order valence-electron chi connectivity index (χ4n) is 3.73. The SMILES string of the molecule is CCCC1CCC(CNC2CC2)C(c2sccc2Br)C1. The molecule has 1 aromatic rings. The third-order valence-corrected chi connectivity index (χ3v) is 7.03. The lowest BCUT2D eigenvalue weighted by Gasteiger charge is -2.36. The van der Waals surface area contributed by atoms with E-state index in [2.05, 4.69) is 39.6 Å². The largest absolute Gasteiger partial charge is 0.314 e. The first-order chi connectivity index (χ1) is 9.78. The van der Waals surface area contributed by atoms with Gasteiger partial charge >= 0.3 is 0 Å². The molecule has 20 heavy (non-hydrogen) atoms. The van der Waals surface area contributed by atoms with E-state index in [-0.39, 0.29) is 0 Å². The Morgan fingerprint density at radius 3 is 2.80 bits per heavy atom. The van der Waals surface area contributed by atoms with Crippen molar-refractivity contribution in [3.05, 3.63) is 20.8 Å². The molecule has 3 heteroatoms. The predicted molar refractivity (Wildman–Crippen MR) is 91.5 cm³/mol. The van der Waals surface area contributed by atoms with Crippen LogP contribution in [0.1, 0.15) is 62.7 Å². The molecule has 0 spiro atoms. The average molecular weight is 356 g/mol. The number of rotatable bonds is 6. The second-order valence-electron chi connectivity index (χ2n) is 6.65. The van der Waals surface area contributed by atoms with Crippen LogP contribution in [-0.2, 0) is 0 Å². The van der Waals surface area contributed by atoms with E-state index in [9.17, 15) is 0 Å². The van der Waals surface area contributed by atoms with Crippen LogP contribution in [0.2, 0.25) is 0 Å². The fourth-order valence-corrected chi connectivity index (χ4v) is 5.61. The Morgan fingerprint density at radius 1 is 1.30 bits per heavy atom. The molecule has 2 aliphatic rings. The van der Waals surface area contributed by atoms with Gasteiger partial charge in [0.15, 0.2) is 0 Å². The van der Waals surface area contributed by atoms with E-state index in [4.69, 9.17) is 0 Å². The molecule has 1 N–H and O–H groups in total. The van der Waals surface area contributed by atoms with Gasteiger partial charge in [-0.1, -0.05) is 26.2 Å². The number of halogens is 1. The second-order valence-corrected chi connectivity index (χ2v) is 8.45. The van der Waals surface area contributed by atoms with Crippen LogP contribution in [0.25, 0.3) is 0 Å². The van der Waals surface area contributed by atoms with Crippen LogP contribution in [0.4, 0.5) is 0 Å². The van der Waals surface area contributed by atoms with Gasteiger partial charge in [0.2, 0.25) is 0 Å². The molecule has 0 saturated heterocycles. The zero-order valence-electron chi connectivity index (χ0n) is 12.4. The van der Waals surface area contributed by atoms with Crippen LogP contribution in [0.15, 0.2) is 15.9 Å². The van der Waals surface area contributed by atoms with E-state index >= 15 is 0 Å². The Kier molecular flexibility index (Phi) is 5.22. The van der Waals surface area contributed by atoms with Gasteiger partial charge < -0.3 is 5.32 Å². The van der Waals surface area contributed by atoms with Crippen LogP contribution in [0, 0.1) is 11.8 Å². The lowest BCUT2D eigenvalue weighted by atomic mass is 9.72. The van der Waals surface area contributed by atoms with Crippen LogP contribution < -0.4 is 5.32 Å². The quantitative estimate of drug-likeness (QED) is 0.703. The molecule has 112 valence electrons. The zero-order valence-corrected chi connectivity index (χ0v) is 14.8. The maximum Gasteiger partial charge on any atom is 0.0317 e. The highest BCUT2D eigenvalue weighted by molar-refractivity contribution is 9.10. The van der Waals surface area contributed by atoms with Crippen LogP contribution in [0.3, 0.4) is 0 Å². The van der Waals surface area contributed by atoms with E-state index in [0.29, 0.717) is 0 Å². The van der Waals surface area contributed by atoms with E-state index in [1.54, 1.807) is 4.88 Å². The van der Waals surface area contributed by atoms with Gasteiger partial charge in [0.25, 0.3) is 0 Å². The average Bonchev–Trinajstić information content (AvgIpc) is 3.18. The fraction of sp³-hybridized carbons (Fsp3) is 0.765. The van der Waals surface area contributed by atoms with Gasteiger partial charge in [0.1, 0.15) is 0 Å². The summed E-state index contributed by atoms with van der Waals surface area (Å²) in [5.74, 6) is 2.58. The molecule has 3 unspecified atom stereocenters. The summed E-state index contributed by atoms with van der Waals surface area (Å²) in [4.78, 5) is 1.61. The summed E-state index contributed by atoms with van der Waals surface area (Å²) >= 11 is 5.73. The Labute approximate surface area is 135 Å². The number of hydrogen-bond donors (Lipinski definition) is 1. The zero-order chi connectivity index (χ0) is 13.9. The third-order valence-electron chi connectivity index (χ3n) is 5.03. The molecule has 1 aromatic heterocycles. The molecule has 0 bridgehead atoms. The Morgan fingerprint density at radius 2 is 2.15 bits per heavy atom. The highest BCUT2D eigenvalue weighted by Crippen LogP contribution is 2.46. The molecule has 3 atom stereocenters. The number of nitrogens with one attached hydrogen (secondary N) is 1. The lowest BCUT2D eigenvalue weighted by Crippen LogP contribution is -2.32. The highest BCUT2D eigenvalue weighted by Gasteiger charge is 2.34. The summed E-state index contributed by atoms with van der Waals surface area (Å²) < 4.78 is 1.35. The number of hydrogen-bond acceptors (Lipinski definition) is 2. The van der Waals surface area contributed by atoms with Crippen molar-refractivity contribution in [3.63, 3.8) is 0 Å². The molecule has 3 rings (SSSR count). The summed E-state index contributed by atoms with van der Waals surface area (Å²) in [6.45, 7) is 3.56. The first-order valence-electron chi connectivity index (χ1n) is 8.24. The van der Waals surface area contributed by atoms with Gasteiger partial charge in [-0.25, -0.2) is 0 Å². The van der Waals surface area contributed by atoms with Crippen molar-refractivity contribution in [1.29, 1.82) is 0 Å². The van der Waals surface area contributed by atoms with Gasteiger partial charge in [-0.15, -0.1) is 11.3 Å². The normalized spacial score (nSPS) is 30.6. The van der Waals surface area contributed by atoms with Crippen LogP contribution >= 0.6 is 27.3 Å². The maximum absolute atomic E-state index is 3.77. The Hall–Kier alpha value is 0.140. The molecule has 1 nitrogen and oxygen atoms in total. The smallest absolute Gasteiger partial charge is 0.0317 e. The second kappa shape index (κ2) is 6.93. The Bertz CT molecular complexity index is 426. The van der Waals surface area contributed by atoms with Crippen molar-refractivity contribution in [2.24, 2.45) is 11.8 Å². The van der Waals surface area contributed by atoms with Crippen LogP contribution in [-0.4, -0.2) is 12.6 Å². The number of thiophene rings is 1. The van der Waals surface area contributed by atoms with Crippen molar-refractivity contribution in [1.82, 2.24) is 5.32 Å². The molecular formula is C17H26BrNS. The summed E-state index contributed by atoms with van der Waals surface area (Å²) in [7, 11) is 0. The standard InChI is InChI=1S/C17H26BrNS/c1-2-3-12-4-5-13(11-19-14-6-7-14)15(10-12)17-16(18)8-9-20-17/h8-9,12-15,19H,2-7,10-11H2,1H3. The van der Waals surface area contributed by atoms with E-state index in [1.165, 1.54) is 56.0 Å². The lowest BCUT2D eigenvalue weighted by molar-refractivity contribution is 0.222. The minimum atomic E-state index is 0.779. The molecule has 0 aliphatic heterocycles. The summed E-state index contributed by atoms with van der Waals surface area (Å²) in [5, 5.41) is 6.02. The highest BCUT2D eigenvalue weighted by atomic mass is 79.9. The van der Waals surface area contributed by atoms with Gasteiger partial charge in [-0.3, -0.25) is 0 Å².